The van der Waals surface area contributed by atoms with Crippen LogP contribution in [0, 0.1) is 5.82 Å². The number of methoxy groups -OCH3 is 1. The summed E-state index contributed by atoms with van der Waals surface area (Å²) in [4.78, 5) is 13.4. The van der Waals surface area contributed by atoms with E-state index in [0.717, 1.165) is 3.97 Å². The lowest BCUT2D eigenvalue weighted by Crippen LogP contribution is -2.42. The van der Waals surface area contributed by atoms with Gasteiger partial charge in [0, 0.05) is 37.6 Å². The minimum Gasteiger partial charge on any atom is -0.426 e. The maximum atomic E-state index is 14.7. The fourth-order valence-corrected chi connectivity index (χ4v) is 6.01. The summed E-state index contributed by atoms with van der Waals surface area (Å²) in [5.41, 5.74) is 1.24. The fourth-order valence-electron chi connectivity index (χ4n) is 4.35. The number of nitrogens with one attached hydrogen (secondary N) is 1. The molecule has 2 atom stereocenters. The third kappa shape index (κ3) is 5.44. The van der Waals surface area contributed by atoms with Gasteiger partial charge in [0.1, 0.15) is 11.9 Å². The second-order valence-electron chi connectivity index (χ2n) is 8.60. The van der Waals surface area contributed by atoms with Gasteiger partial charge in [0.2, 0.25) is 6.23 Å². The molecule has 1 aliphatic heterocycles. The van der Waals surface area contributed by atoms with E-state index in [0.29, 0.717) is 24.2 Å². The van der Waals surface area contributed by atoms with E-state index < -0.39 is 43.5 Å². The van der Waals surface area contributed by atoms with Crippen LogP contribution in [0.15, 0.2) is 65.7 Å². The summed E-state index contributed by atoms with van der Waals surface area (Å²) in [6, 6.07) is 13.3. The molecular formula is C24H27FN4O7S2. The van der Waals surface area contributed by atoms with Crippen molar-refractivity contribution in [2.75, 3.05) is 25.6 Å². The predicted octanol–water partition coefficient (Wildman–Crippen LogP) is 2.23. The topological polar surface area (TPSA) is 150 Å². The van der Waals surface area contributed by atoms with Crippen LogP contribution in [-0.4, -0.2) is 59.1 Å². The zero-order chi connectivity index (χ0) is 27.7. The Bertz CT molecular complexity index is 1560. The van der Waals surface area contributed by atoms with Crippen LogP contribution in [0.4, 0.5) is 14.9 Å². The summed E-state index contributed by atoms with van der Waals surface area (Å²) < 4.78 is 76.7. The van der Waals surface area contributed by atoms with Gasteiger partial charge in [-0.1, -0.05) is 18.2 Å². The molecule has 0 saturated carbocycles. The SMILES string of the molecule is CNCc1cc(-c2ccccc2F)n(S(=O)(=O)c2cccc(N3CC[C@@H](OC)C3OC(=O)S(N)(=O)=O)c2)c1. The molecule has 0 amide bonds. The molecule has 0 aliphatic carbocycles. The van der Waals surface area contributed by atoms with Gasteiger partial charge in [0.25, 0.3) is 10.0 Å². The van der Waals surface area contributed by atoms with Gasteiger partial charge in [-0.15, -0.1) is 0 Å². The van der Waals surface area contributed by atoms with Crippen molar-refractivity contribution in [1.82, 2.24) is 9.29 Å². The number of hydrogen-bond donors (Lipinski definition) is 2. The zero-order valence-corrected chi connectivity index (χ0v) is 22.2. The molecule has 3 aromatic rings. The monoisotopic (exact) mass is 566 g/mol. The van der Waals surface area contributed by atoms with Crippen LogP contribution in [0.25, 0.3) is 11.3 Å². The first-order chi connectivity index (χ1) is 18.0. The van der Waals surface area contributed by atoms with Gasteiger partial charge in [-0.25, -0.2) is 35.1 Å². The molecular weight excluding hydrogens is 539 g/mol. The number of halogens is 1. The van der Waals surface area contributed by atoms with Crippen LogP contribution in [-0.2, 0) is 36.1 Å². The van der Waals surface area contributed by atoms with Crippen molar-refractivity contribution in [2.45, 2.75) is 30.2 Å². The van der Waals surface area contributed by atoms with Crippen LogP contribution >= 0.6 is 0 Å². The van der Waals surface area contributed by atoms with E-state index in [9.17, 15) is 26.0 Å². The Morgan fingerprint density at radius 3 is 2.53 bits per heavy atom. The highest BCUT2D eigenvalue weighted by molar-refractivity contribution is 8.03. The second kappa shape index (κ2) is 10.8. The lowest BCUT2D eigenvalue weighted by molar-refractivity contribution is 0.00566. The quantitative estimate of drug-likeness (QED) is 0.391. The van der Waals surface area contributed by atoms with E-state index in [1.165, 1.54) is 54.6 Å². The molecule has 11 nitrogen and oxygen atoms in total. The number of ether oxygens (including phenoxy) is 2. The highest BCUT2D eigenvalue weighted by atomic mass is 32.2. The third-order valence-electron chi connectivity index (χ3n) is 6.11. The molecule has 0 spiro atoms. The number of nitrogens with zero attached hydrogens (tertiary/aromatic N) is 2. The van der Waals surface area contributed by atoms with Crippen LogP contribution in [0.2, 0.25) is 0 Å². The number of carbonyl (C=O) groups is 1. The molecule has 14 heteroatoms. The molecule has 0 bridgehead atoms. The van der Waals surface area contributed by atoms with Gasteiger partial charge in [-0.2, -0.15) is 0 Å². The minimum absolute atomic E-state index is 0.114. The Hall–Kier alpha value is -3.30. The average molecular weight is 567 g/mol. The molecule has 38 heavy (non-hydrogen) atoms. The molecule has 3 N–H and O–H groups in total. The van der Waals surface area contributed by atoms with Crippen molar-refractivity contribution < 1.29 is 35.5 Å². The standard InChI is InChI=1S/C24H27FN4O7S2/c1-27-14-16-12-21(19-8-3-4-9-20(19)25)29(15-16)38(33,34)18-7-5-6-17(13-18)28-11-10-22(35-2)23(28)36-24(30)37(26,31)32/h3-9,12-13,15,22-23,27H,10-11,14H2,1-2H3,(H2,26,31,32)/t22-,23?/m1/s1. The first-order valence-corrected chi connectivity index (χ1v) is 14.4. The Labute approximate surface area is 220 Å². The number of aromatic nitrogens is 1. The maximum absolute atomic E-state index is 14.7. The first kappa shape index (κ1) is 27.7. The van der Waals surface area contributed by atoms with Gasteiger partial charge < -0.3 is 19.7 Å². The number of sulfonamides is 1. The van der Waals surface area contributed by atoms with E-state index >= 15 is 0 Å². The van der Waals surface area contributed by atoms with Crippen LogP contribution in [0.1, 0.15) is 12.0 Å². The summed E-state index contributed by atoms with van der Waals surface area (Å²) >= 11 is 0. The van der Waals surface area contributed by atoms with Crippen LogP contribution < -0.4 is 15.4 Å². The molecule has 2 aromatic carbocycles. The summed E-state index contributed by atoms with van der Waals surface area (Å²) in [7, 11) is -5.75. The smallest absolute Gasteiger partial charge is 0.426 e. The van der Waals surface area contributed by atoms with E-state index in [1.807, 2.05) is 0 Å². The van der Waals surface area contributed by atoms with Crippen molar-refractivity contribution in [2.24, 2.45) is 5.14 Å². The summed E-state index contributed by atoms with van der Waals surface area (Å²) in [6.07, 6.45) is -0.0413. The highest BCUT2D eigenvalue weighted by Gasteiger charge is 2.40. The highest BCUT2D eigenvalue weighted by Crippen LogP contribution is 2.33. The maximum Gasteiger partial charge on any atom is 0.441 e. The summed E-state index contributed by atoms with van der Waals surface area (Å²) in [5, 5.41) is 6.22. The van der Waals surface area contributed by atoms with Crippen molar-refractivity contribution >= 4 is 31.0 Å². The Morgan fingerprint density at radius 2 is 1.87 bits per heavy atom. The van der Waals surface area contributed by atoms with Gasteiger partial charge in [0.15, 0.2) is 0 Å². The first-order valence-electron chi connectivity index (χ1n) is 11.5. The van der Waals surface area contributed by atoms with Crippen LogP contribution in [0.5, 0.6) is 0 Å². The van der Waals surface area contributed by atoms with Crippen LogP contribution in [0.3, 0.4) is 0 Å². The van der Waals surface area contributed by atoms with Gasteiger partial charge in [-0.05, 0) is 55.4 Å². The molecule has 204 valence electrons. The normalized spacial score (nSPS) is 18.1. The van der Waals surface area contributed by atoms with Gasteiger partial charge in [-0.3, -0.25) is 0 Å². The third-order valence-corrected chi connectivity index (χ3v) is 8.34. The number of benzene rings is 2. The molecule has 0 radical (unpaired) electrons. The zero-order valence-electron chi connectivity index (χ0n) is 20.6. The lowest BCUT2D eigenvalue weighted by atomic mass is 10.1. The molecule has 1 fully saturated rings. The predicted molar refractivity (Wildman–Crippen MR) is 138 cm³/mol. The number of primary sulfonamides is 1. The lowest BCUT2D eigenvalue weighted by Gasteiger charge is -2.28. The van der Waals surface area contributed by atoms with E-state index in [-0.39, 0.29) is 22.7 Å². The van der Waals surface area contributed by atoms with Crippen molar-refractivity contribution in [1.29, 1.82) is 0 Å². The van der Waals surface area contributed by atoms with E-state index in [4.69, 9.17) is 14.6 Å². The van der Waals surface area contributed by atoms with Crippen molar-refractivity contribution in [3.8, 4) is 11.3 Å². The van der Waals surface area contributed by atoms with Gasteiger partial charge >= 0.3 is 15.3 Å². The Kier molecular flexibility index (Phi) is 7.90. The number of nitrogens with two attached hydrogens (primary N) is 1. The average Bonchev–Trinajstić information content (AvgIpc) is 3.48. The molecule has 1 aliphatic rings. The van der Waals surface area contributed by atoms with Crippen molar-refractivity contribution in [3.05, 3.63) is 72.2 Å². The van der Waals surface area contributed by atoms with E-state index in [1.54, 1.807) is 25.2 Å². The molecule has 1 unspecified atom stereocenters. The Morgan fingerprint density at radius 1 is 1.13 bits per heavy atom. The second-order valence-corrected chi connectivity index (χ2v) is 11.8. The number of hydrogen-bond acceptors (Lipinski definition) is 9. The minimum atomic E-state index is -4.61. The molecule has 1 saturated heterocycles. The van der Waals surface area contributed by atoms with Crippen molar-refractivity contribution in [3.63, 3.8) is 0 Å². The fraction of sp³-hybridized carbons (Fsp3) is 0.292. The molecule has 1 aromatic heterocycles. The number of anilines is 1. The van der Waals surface area contributed by atoms with Gasteiger partial charge in [0.05, 0.1) is 10.6 Å². The molecule has 2 heterocycles. The molecule has 4 rings (SSSR count). The number of rotatable bonds is 8. The summed E-state index contributed by atoms with van der Waals surface area (Å²) in [6.45, 7) is 0.633. The Balaban J connectivity index is 1.76. The van der Waals surface area contributed by atoms with E-state index in [2.05, 4.69) is 5.32 Å². The number of carbonyl (C=O) groups excluding carboxylic acids is 1. The summed E-state index contributed by atoms with van der Waals surface area (Å²) in [5.74, 6) is -0.575. The largest absolute Gasteiger partial charge is 0.441 e.